The van der Waals surface area contributed by atoms with Gasteiger partial charge in [-0.1, -0.05) is 28.1 Å². The molecule has 0 fully saturated rings. The topological polar surface area (TPSA) is 17.1 Å². The van der Waals surface area contributed by atoms with Crippen molar-refractivity contribution in [1.82, 2.24) is 0 Å². The molecule has 0 saturated carbocycles. The minimum Gasteiger partial charge on any atom is -0.298 e. The van der Waals surface area contributed by atoms with Crippen LogP contribution in [0.2, 0.25) is 0 Å². The smallest absolute Gasteiger partial charge is 0.151 e. The molecule has 0 aliphatic carbocycles. The first-order chi connectivity index (χ1) is 5.29. The zero-order chi connectivity index (χ0) is 8.27. The maximum Gasteiger partial charge on any atom is 0.151 e. The van der Waals surface area contributed by atoms with Crippen molar-refractivity contribution in [1.29, 1.82) is 0 Å². The largest absolute Gasteiger partial charge is 0.298 e. The summed E-state index contributed by atoms with van der Waals surface area (Å²) in [6.07, 6.45) is 0.901. The predicted molar refractivity (Wildman–Crippen MR) is 57.2 cm³/mol. The summed E-state index contributed by atoms with van der Waals surface area (Å²) < 4.78 is 1.01. The van der Waals surface area contributed by atoms with E-state index >= 15 is 0 Å². The lowest BCUT2D eigenvalue weighted by molar-refractivity contribution is 0.112. The van der Waals surface area contributed by atoms with Gasteiger partial charge in [0.15, 0.2) is 6.29 Å². The molecular weight excluding hydrogens is 319 g/mol. The average molecular weight is 325 g/mol. The Morgan fingerprint density at radius 1 is 1.55 bits per heavy atom. The molecule has 1 rings (SSSR count). The summed E-state index contributed by atoms with van der Waals surface area (Å²) >= 11 is 5.48. The Labute approximate surface area is 87.5 Å². The number of aldehydes is 1. The standard InChI is InChI=1S/C8H6BrIO/c9-4-6-2-1-3-8(10)7(6)5-11/h1-3,5H,4H2. The van der Waals surface area contributed by atoms with E-state index in [-0.39, 0.29) is 0 Å². The van der Waals surface area contributed by atoms with E-state index in [1.165, 1.54) is 0 Å². The van der Waals surface area contributed by atoms with Crippen molar-refractivity contribution < 1.29 is 4.79 Å². The highest BCUT2D eigenvalue weighted by molar-refractivity contribution is 14.1. The highest BCUT2D eigenvalue weighted by Gasteiger charge is 2.02. The van der Waals surface area contributed by atoms with Crippen LogP contribution < -0.4 is 0 Å². The Kier molecular flexibility index (Phi) is 3.51. The third-order valence-electron chi connectivity index (χ3n) is 1.41. The van der Waals surface area contributed by atoms with Gasteiger partial charge in [-0.05, 0) is 34.2 Å². The second kappa shape index (κ2) is 4.21. The summed E-state index contributed by atoms with van der Waals surface area (Å²) in [7, 11) is 0. The highest BCUT2D eigenvalue weighted by atomic mass is 127. The van der Waals surface area contributed by atoms with Gasteiger partial charge in [0, 0.05) is 14.5 Å². The second-order valence-electron chi connectivity index (χ2n) is 2.06. The molecule has 0 saturated heterocycles. The van der Waals surface area contributed by atoms with Crippen LogP contribution in [0.1, 0.15) is 15.9 Å². The monoisotopic (exact) mass is 324 g/mol. The van der Waals surface area contributed by atoms with Crippen LogP contribution in [0.5, 0.6) is 0 Å². The van der Waals surface area contributed by atoms with Crippen LogP contribution in [-0.4, -0.2) is 6.29 Å². The third-order valence-corrected chi connectivity index (χ3v) is 2.95. The number of benzene rings is 1. The van der Waals surface area contributed by atoms with Gasteiger partial charge in [0.2, 0.25) is 0 Å². The molecule has 0 radical (unpaired) electrons. The maximum atomic E-state index is 10.6. The van der Waals surface area contributed by atoms with Crippen LogP contribution in [-0.2, 0) is 5.33 Å². The van der Waals surface area contributed by atoms with Crippen LogP contribution >= 0.6 is 38.5 Å². The van der Waals surface area contributed by atoms with Crippen molar-refractivity contribution in [3.05, 3.63) is 32.9 Å². The van der Waals surface area contributed by atoms with E-state index in [1.807, 2.05) is 18.2 Å². The summed E-state index contributed by atoms with van der Waals surface area (Å²) in [6.45, 7) is 0. The van der Waals surface area contributed by atoms with Crippen LogP contribution in [0.25, 0.3) is 0 Å². The summed E-state index contributed by atoms with van der Waals surface area (Å²) in [5.74, 6) is 0. The van der Waals surface area contributed by atoms with Crippen molar-refractivity contribution in [2.45, 2.75) is 5.33 Å². The van der Waals surface area contributed by atoms with Crippen LogP contribution in [0.4, 0.5) is 0 Å². The molecule has 0 unspecified atom stereocenters. The molecule has 0 N–H and O–H groups in total. The number of carbonyl (C=O) groups is 1. The van der Waals surface area contributed by atoms with E-state index in [4.69, 9.17) is 0 Å². The van der Waals surface area contributed by atoms with Gasteiger partial charge in [-0.15, -0.1) is 0 Å². The van der Waals surface area contributed by atoms with Crippen molar-refractivity contribution >= 4 is 44.8 Å². The Morgan fingerprint density at radius 3 is 2.73 bits per heavy atom. The molecule has 0 amide bonds. The van der Waals surface area contributed by atoms with Crippen molar-refractivity contribution in [3.8, 4) is 0 Å². The van der Waals surface area contributed by atoms with Crippen molar-refractivity contribution in [2.75, 3.05) is 0 Å². The Bertz CT molecular complexity index is 273. The zero-order valence-electron chi connectivity index (χ0n) is 5.68. The lowest BCUT2D eigenvalue weighted by Gasteiger charge is -2.01. The van der Waals surface area contributed by atoms with Gasteiger partial charge in [0.25, 0.3) is 0 Å². The molecule has 0 aliphatic heterocycles. The minimum absolute atomic E-state index is 0.734. The molecule has 0 atom stereocenters. The summed E-state index contributed by atoms with van der Waals surface area (Å²) in [5, 5.41) is 0.734. The molecule has 0 aromatic heterocycles. The van der Waals surface area contributed by atoms with E-state index in [9.17, 15) is 4.79 Å². The van der Waals surface area contributed by atoms with Crippen LogP contribution in [0.3, 0.4) is 0 Å². The number of hydrogen-bond donors (Lipinski definition) is 0. The Balaban J connectivity index is 3.24. The molecule has 11 heavy (non-hydrogen) atoms. The number of rotatable bonds is 2. The van der Waals surface area contributed by atoms with Crippen molar-refractivity contribution in [2.24, 2.45) is 0 Å². The van der Waals surface area contributed by atoms with E-state index in [0.29, 0.717) is 0 Å². The van der Waals surface area contributed by atoms with Gasteiger partial charge in [0.1, 0.15) is 0 Å². The molecule has 0 heterocycles. The number of halogens is 2. The number of carbonyl (C=O) groups excluding carboxylic acids is 1. The summed E-state index contributed by atoms with van der Waals surface area (Å²) in [4.78, 5) is 10.6. The van der Waals surface area contributed by atoms with Gasteiger partial charge >= 0.3 is 0 Å². The third kappa shape index (κ3) is 2.02. The summed E-state index contributed by atoms with van der Waals surface area (Å²) in [6, 6.07) is 5.82. The lowest BCUT2D eigenvalue weighted by Crippen LogP contribution is -1.91. The van der Waals surface area contributed by atoms with E-state index in [1.54, 1.807) is 0 Å². The maximum absolute atomic E-state index is 10.6. The number of alkyl halides is 1. The molecular formula is C8H6BrIO. The normalized spacial score (nSPS) is 9.64. The van der Waals surface area contributed by atoms with Gasteiger partial charge in [-0.3, -0.25) is 4.79 Å². The zero-order valence-corrected chi connectivity index (χ0v) is 9.42. The predicted octanol–water partition coefficient (Wildman–Crippen LogP) is 3.00. The number of hydrogen-bond acceptors (Lipinski definition) is 1. The quantitative estimate of drug-likeness (QED) is 0.464. The summed E-state index contributed by atoms with van der Waals surface area (Å²) in [5.41, 5.74) is 1.84. The molecule has 1 aromatic carbocycles. The van der Waals surface area contributed by atoms with Crippen molar-refractivity contribution in [3.63, 3.8) is 0 Å². The molecule has 1 aromatic rings. The minimum atomic E-state index is 0.734. The first-order valence-corrected chi connectivity index (χ1v) is 5.28. The fraction of sp³-hybridized carbons (Fsp3) is 0.125. The molecule has 0 bridgehead atoms. The van der Waals surface area contributed by atoms with E-state index in [2.05, 4.69) is 38.5 Å². The molecule has 58 valence electrons. The van der Waals surface area contributed by atoms with Gasteiger partial charge < -0.3 is 0 Å². The molecule has 1 nitrogen and oxygen atoms in total. The van der Waals surface area contributed by atoms with Crippen LogP contribution in [0, 0.1) is 3.57 Å². The Morgan fingerprint density at radius 2 is 2.27 bits per heavy atom. The van der Waals surface area contributed by atoms with Crippen LogP contribution in [0.15, 0.2) is 18.2 Å². The Hall–Kier alpha value is 0.1000. The van der Waals surface area contributed by atoms with Gasteiger partial charge in [0.05, 0.1) is 0 Å². The highest BCUT2D eigenvalue weighted by Crippen LogP contribution is 2.16. The van der Waals surface area contributed by atoms with Gasteiger partial charge in [-0.2, -0.15) is 0 Å². The molecule has 3 heteroatoms. The average Bonchev–Trinajstić information content (AvgIpc) is 2.04. The fourth-order valence-electron chi connectivity index (χ4n) is 0.830. The SMILES string of the molecule is O=Cc1c(I)cccc1CBr. The lowest BCUT2D eigenvalue weighted by atomic mass is 10.1. The van der Waals surface area contributed by atoms with E-state index in [0.717, 1.165) is 26.3 Å². The molecule has 0 spiro atoms. The van der Waals surface area contributed by atoms with Gasteiger partial charge in [-0.25, -0.2) is 0 Å². The first kappa shape index (κ1) is 9.19. The first-order valence-electron chi connectivity index (χ1n) is 3.08. The fourth-order valence-corrected chi connectivity index (χ4v) is 2.00. The molecule has 0 aliphatic rings. The van der Waals surface area contributed by atoms with E-state index < -0.39 is 0 Å². The second-order valence-corrected chi connectivity index (χ2v) is 3.79.